The first-order valence-corrected chi connectivity index (χ1v) is 6.21. The topological polar surface area (TPSA) is 42.7 Å². The van der Waals surface area contributed by atoms with E-state index in [2.05, 4.69) is 22.3 Å². The van der Waals surface area contributed by atoms with Crippen molar-refractivity contribution < 1.29 is 4.39 Å². The molecule has 0 aliphatic carbocycles. The lowest BCUT2D eigenvalue weighted by molar-refractivity contribution is 0.469. The maximum atomic E-state index is 12.9. The largest absolute Gasteiger partial charge is 0.370 e. The Labute approximate surface area is 105 Å². The summed E-state index contributed by atoms with van der Waals surface area (Å²) in [5.74, 6) is 0.766. The fourth-order valence-corrected chi connectivity index (χ4v) is 2.39. The van der Waals surface area contributed by atoms with E-state index in [0.29, 0.717) is 0 Å². The van der Waals surface area contributed by atoms with Crippen LogP contribution in [0.2, 0.25) is 0 Å². The smallest absolute Gasteiger partial charge is 0.141 e. The number of aromatic nitrogens is 3. The van der Waals surface area contributed by atoms with Gasteiger partial charge in [0.25, 0.3) is 0 Å². The molecule has 1 unspecified atom stereocenters. The number of aryl methyl sites for hydroxylation is 1. The van der Waals surface area contributed by atoms with Crippen LogP contribution in [0.15, 0.2) is 24.5 Å². The lowest BCUT2D eigenvalue weighted by atomic mass is 10.1. The molecule has 4 nitrogen and oxygen atoms in total. The summed E-state index contributed by atoms with van der Waals surface area (Å²) in [6.07, 6.45) is 5.02. The number of rotatable bonds is 2. The molecule has 1 atom stereocenters. The number of hydrogen-bond donors (Lipinski definition) is 1. The molecule has 0 amide bonds. The minimum absolute atomic E-state index is 0.0992. The molecule has 3 heterocycles. The molecule has 18 heavy (non-hydrogen) atoms. The number of nitrogens with zero attached hydrogens (tertiary/aromatic N) is 3. The molecule has 94 valence electrons. The Morgan fingerprint density at radius 1 is 1.44 bits per heavy atom. The van der Waals surface area contributed by atoms with E-state index in [1.54, 1.807) is 6.07 Å². The number of pyridine rings is 1. The summed E-state index contributed by atoms with van der Waals surface area (Å²) in [7, 11) is 0. The highest BCUT2D eigenvalue weighted by atomic mass is 19.1. The maximum Gasteiger partial charge on any atom is 0.141 e. The maximum absolute atomic E-state index is 12.9. The molecule has 1 aliphatic heterocycles. The van der Waals surface area contributed by atoms with E-state index in [-0.39, 0.29) is 11.9 Å². The van der Waals surface area contributed by atoms with Crippen LogP contribution in [-0.2, 0) is 6.42 Å². The molecule has 0 aromatic carbocycles. The average Bonchev–Trinajstić information content (AvgIpc) is 2.82. The van der Waals surface area contributed by atoms with Crippen LogP contribution in [0.25, 0.3) is 0 Å². The highest BCUT2D eigenvalue weighted by Crippen LogP contribution is 2.30. The van der Waals surface area contributed by atoms with Gasteiger partial charge >= 0.3 is 0 Å². The molecule has 2 aromatic heterocycles. The molecule has 0 saturated carbocycles. The van der Waals surface area contributed by atoms with Gasteiger partial charge < -0.3 is 5.32 Å². The van der Waals surface area contributed by atoms with Crippen LogP contribution in [0, 0.1) is 5.82 Å². The first-order chi connectivity index (χ1) is 8.79. The van der Waals surface area contributed by atoms with Gasteiger partial charge in [0.2, 0.25) is 0 Å². The zero-order valence-corrected chi connectivity index (χ0v) is 10.2. The van der Waals surface area contributed by atoms with Crippen molar-refractivity contribution in [2.24, 2.45) is 0 Å². The molecule has 0 saturated heterocycles. The summed E-state index contributed by atoms with van der Waals surface area (Å²) >= 11 is 0. The van der Waals surface area contributed by atoms with Crippen molar-refractivity contribution in [2.45, 2.75) is 25.8 Å². The van der Waals surface area contributed by atoms with E-state index in [9.17, 15) is 4.39 Å². The van der Waals surface area contributed by atoms with Crippen LogP contribution in [-0.4, -0.2) is 21.3 Å². The van der Waals surface area contributed by atoms with Crippen molar-refractivity contribution >= 4 is 5.82 Å². The van der Waals surface area contributed by atoms with Gasteiger partial charge in [-0.05, 0) is 25.0 Å². The average molecular weight is 246 g/mol. The highest BCUT2D eigenvalue weighted by Gasteiger charge is 2.24. The van der Waals surface area contributed by atoms with E-state index in [1.807, 2.05) is 10.9 Å². The zero-order valence-electron chi connectivity index (χ0n) is 10.2. The standard InChI is InChI=1S/C13H15FN4/c1-2-9-7-17-18-12(5-6-15-13(9)18)11-4-3-10(14)8-16-11/h3-4,7-8,12,15H,2,5-6H2,1H3. The predicted molar refractivity (Wildman–Crippen MR) is 67.0 cm³/mol. The third kappa shape index (κ3) is 1.75. The Morgan fingerprint density at radius 2 is 2.33 bits per heavy atom. The number of halogens is 1. The molecule has 2 aromatic rings. The highest BCUT2D eigenvalue weighted by molar-refractivity contribution is 5.46. The van der Waals surface area contributed by atoms with Crippen molar-refractivity contribution in [2.75, 3.05) is 11.9 Å². The summed E-state index contributed by atoms with van der Waals surface area (Å²) in [5, 5.41) is 7.80. The van der Waals surface area contributed by atoms with Crippen LogP contribution < -0.4 is 5.32 Å². The van der Waals surface area contributed by atoms with Gasteiger partial charge in [-0.15, -0.1) is 0 Å². The Bertz CT molecular complexity index is 547. The lowest BCUT2D eigenvalue weighted by Gasteiger charge is -2.26. The quantitative estimate of drug-likeness (QED) is 0.884. The Hall–Kier alpha value is -1.91. The third-order valence-electron chi connectivity index (χ3n) is 3.35. The van der Waals surface area contributed by atoms with Crippen LogP contribution in [0.4, 0.5) is 10.2 Å². The van der Waals surface area contributed by atoms with Crippen molar-refractivity contribution in [3.8, 4) is 0 Å². The predicted octanol–water partition coefficient (Wildman–Crippen LogP) is 2.38. The SMILES string of the molecule is CCc1cnn2c1NCCC2c1ccc(F)cn1. The van der Waals surface area contributed by atoms with Gasteiger partial charge in [-0.25, -0.2) is 9.07 Å². The van der Waals surface area contributed by atoms with E-state index in [0.717, 1.165) is 30.9 Å². The summed E-state index contributed by atoms with van der Waals surface area (Å²) in [5.41, 5.74) is 2.08. The fraction of sp³-hybridized carbons (Fsp3) is 0.385. The molecule has 1 aliphatic rings. The van der Waals surface area contributed by atoms with Crippen molar-refractivity contribution in [1.82, 2.24) is 14.8 Å². The van der Waals surface area contributed by atoms with Crippen LogP contribution in [0.1, 0.15) is 30.6 Å². The minimum atomic E-state index is -0.303. The molecule has 3 rings (SSSR count). The van der Waals surface area contributed by atoms with Gasteiger partial charge in [-0.1, -0.05) is 6.92 Å². The number of hydrogen-bond acceptors (Lipinski definition) is 3. The van der Waals surface area contributed by atoms with Crippen molar-refractivity contribution in [3.05, 3.63) is 41.6 Å². The summed E-state index contributed by atoms with van der Waals surface area (Å²) < 4.78 is 14.9. The molecule has 5 heteroatoms. The van der Waals surface area contributed by atoms with Crippen molar-refractivity contribution in [1.29, 1.82) is 0 Å². The first-order valence-electron chi connectivity index (χ1n) is 6.21. The third-order valence-corrected chi connectivity index (χ3v) is 3.35. The zero-order chi connectivity index (χ0) is 12.5. The normalized spacial score (nSPS) is 18.2. The number of nitrogens with one attached hydrogen (secondary N) is 1. The van der Waals surface area contributed by atoms with E-state index < -0.39 is 0 Å². The van der Waals surface area contributed by atoms with Gasteiger partial charge in [0.1, 0.15) is 11.6 Å². The Balaban J connectivity index is 2.00. The molecule has 0 radical (unpaired) electrons. The van der Waals surface area contributed by atoms with Gasteiger partial charge in [0.15, 0.2) is 0 Å². The fourth-order valence-electron chi connectivity index (χ4n) is 2.39. The van der Waals surface area contributed by atoms with Crippen molar-refractivity contribution in [3.63, 3.8) is 0 Å². The van der Waals surface area contributed by atoms with Gasteiger partial charge in [-0.2, -0.15) is 5.10 Å². The first kappa shape index (κ1) is 11.2. The van der Waals surface area contributed by atoms with E-state index >= 15 is 0 Å². The number of anilines is 1. The summed E-state index contributed by atoms with van der Waals surface area (Å²) in [4.78, 5) is 4.17. The minimum Gasteiger partial charge on any atom is -0.370 e. The Kier molecular flexibility index (Phi) is 2.74. The van der Waals surface area contributed by atoms with Crippen LogP contribution in [0.3, 0.4) is 0 Å². The summed E-state index contributed by atoms with van der Waals surface area (Å²) in [6, 6.07) is 3.29. The second-order valence-electron chi connectivity index (χ2n) is 4.45. The monoisotopic (exact) mass is 246 g/mol. The second kappa shape index (κ2) is 4.40. The second-order valence-corrected chi connectivity index (χ2v) is 4.45. The molecule has 0 bridgehead atoms. The lowest BCUT2D eigenvalue weighted by Crippen LogP contribution is -2.25. The molecule has 0 fully saturated rings. The van der Waals surface area contributed by atoms with Gasteiger partial charge in [0, 0.05) is 12.1 Å². The van der Waals surface area contributed by atoms with E-state index in [1.165, 1.54) is 17.8 Å². The van der Waals surface area contributed by atoms with Gasteiger partial charge in [0.05, 0.1) is 24.1 Å². The molecule has 1 N–H and O–H groups in total. The van der Waals surface area contributed by atoms with Crippen LogP contribution in [0.5, 0.6) is 0 Å². The number of fused-ring (bicyclic) bond motifs is 1. The molecule has 0 spiro atoms. The molecular formula is C13H15FN4. The van der Waals surface area contributed by atoms with E-state index in [4.69, 9.17) is 0 Å². The Morgan fingerprint density at radius 3 is 3.06 bits per heavy atom. The van der Waals surface area contributed by atoms with Crippen LogP contribution >= 0.6 is 0 Å². The van der Waals surface area contributed by atoms with Gasteiger partial charge in [-0.3, -0.25) is 4.98 Å². The molecular weight excluding hydrogens is 231 g/mol. The summed E-state index contributed by atoms with van der Waals surface area (Å²) in [6.45, 7) is 3.00.